The fourth-order valence-corrected chi connectivity index (χ4v) is 2.24. The van der Waals surface area contributed by atoms with Crippen LogP contribution in [0.4, 0.5) is 0 Å². The smallest absolute Gasteiger partial charge is 0.126 e. The molecule has 0 heterocycles. The SMILES string of the molecule is C=CCOc1cc(CCOCCOC)c(CC)c(OCC=C)c1. The molecule has 0 bridgehead atoms. The van der Waals surface area contributed by atoms with Gasteiger partial charge in [0.2, 0.25) is 0 Å². The van der Waals surface area contributed by atoms with Crippen molar-refractivity contribution in [2.45, 2.75) is 19.8 Å². The summed E-state index contributed by atoms with van der Waals surface area (Å²) in [6.45, 7) is 12.3. The van der Waals surface area contributed by atoms with Gasteiger partial charge in [0.05, 0.1) is 19.8 Å². The van der Waals surface area contributed by atoms with Crippen LogP contribution in [0.1, 0.15) is 18.1 Å². The van der Waals surface area contributed by atoms with E-state index in [1.165, 1.54) is 11.1 Å². The van der Waals surface area contributed by atoms with Crippen molar-refractivity contribution in [3.63, 3.8) is 0 Å². The number of benzene rings is 1. The summed E-state index contributed by atoms with van der Waals surface area (Å²) in [7, 11) is 1.67. The van der Waals surface area contributed by atoms with Gasteiger partial charge in [0.1, 0.15) is 24.7 Å². The van der Waals surface area contributed by atoms with Gasteiger partial charge < -0.3 is 18.9 Å². The molecule has 4 nitrogen and oxygen atoms in total. The molecular formula is C19H28O4. The van der Waals surface area contributed by atoms with Crippen LogP contribution in [-0.4, -0.2) is 40.1 Å². The van der Waals surface area contributed by atoms with Crippen molar-refractivity contribution in [3.8, 4) is 11.5 Å². The van der Waals surface area contributed by atoms with Crippen molar-refractivity contribution in [3.05, 3.63) is 48.6 Å². The van der Waals surface area contributed by atoms with E-state index in [9.17, 15) is 0 Å². The molecular weight excluding hydrogens is 292 g/mol. The first-order chi connectivity index (χ1) is 11.3. The Kier molecular flexibility index (Phi) is 9.84. The van der Waals surface area contributed by atoms with E-state index in [0.29, 0.717) is 33.0 Å². The fourth-order valence-electron chi connectivity index (χ4n) is 2.24. The molecule has 1 rings (SSSR count). The highest BCUT2D eigenvalue weighted by Gasteiger charge is 2.11. The van der Waals surface area contributed by atoms with Gasteiger partial charge in [-0.25, -0.2) is 0 Å². The van der Waals surface area contributed by atoms with Gasteiger partial charge in [-0.15, -0.1) is 0 Å². The molecule has 0 spiro atoms. The number of rotatable bonds is 13. The molecule has 0 unspecified atom stereocenters. The molecule has 0 aromatic heterocycles. The standard InChI is InChI=1S/C19H28O4/c1-5-9-22-17-14-16(8-11-21-13-12-20-4)18(7-3)19(15-17)23-10-6-2/h5-6,14-15H,1-2,7-13H2,3-4H3. The normalized spacial score (nSPS) is 10.3. The summed E-state index contributed by atoms with van der Waals surface area (Å²) in [5, 5.41) is 0. The maximum Gasteiger partial charge on any atom is 0.126 e. The molecule has 0 atom stereocenters. The lowest BCUT2D eigenvalue weighted by Crippen LogP contribution is -2.08. The van der Waals surface area contributed by atoms with E-state index in [-0.39, 0.29) is 0 Å². The van der Waals surface area contributed by atoms with Gasteiger partial charge in [-0.3, -0.25) is 0 Å². The highest BCUT2D eigenvalue weighted by atomic mass is 16.5. The van der Waals surface area contributed by atoms with E-state index < -0.39 is 0 Å². The van der Waals surface area contributed by atoms with Gasteiger partial charge in [0.15, 0.2) is 0 Å². The van der Waals surface area contributed by atoms with Crippen LogP contribution < -0.4 is 9.47 Å². The first kappa shape index (κ1) is 19.3. The third-order valence-corrected chi connectivity index (χ3v) is 3.30. The first-order valence-electron chi connectivity index (χ1n) is 7.96. The molecule has 0 N–H and O–H groups in total. The molecule has 4 heteroatoms. The van der Waals surface area contributed by atoms with Crippen molar-refractivity contribution in [2.24, 2.45) is 0 Å². The molecule has 0 aliphatic heterocycles. The molecule has 1 aromatic rings. The van der Waals surface area contributed by atoms with Gasteiger partial charge in [0, 0.05) is 13.2 Å². The van der Waals surface area contributed by atoms with Gasteiger partial charge in [0.25, 0.3) is 0 Å². The van der Waals surface area contributed by atoms with Crippen LogP contribution in [-0.2, 0) is 22.3 Å². The van der Waals surface area contributed by atoms with Crippen molar-refractivity contribution < 1.29 is 18.9 Å². The molecule has 0 amide bonds. The number of ether oxygens (including phenoxy) is 4. The lowest BCUT2D eigenvalue weighted by molar-refractivity contribution is 0.0721. The second-order valence-corrected chi connectivity index (χ2v) is 4.97. The topological polar surface area (TPSA) is 36.9 Å². The minimum atomic E-state index is 0.468. The number of methoxy groups -OCH3 is 1. The minimum Gasteiger partial charge on any atom is -0.489 e. The second kappa shape index (κ2) is 11.7. The molecule has 0 aliphatic carbocycles. The zero-order valence-electron chi connectivity index (χ0n) is 14.3. The molecule has 0 saturated carbocycles. The summed E-state index contributed by atoms with van der Waals surface area (Å²) in [6.07, 6.45) is 5.17. The highest BCUT2D eigenvalue weighted by molar-refractivity contribution is 5.47. The Morgan fingerprint density at radius 1 is 1.00 bits per heavy atom. The lowest BCUT2D eigenvalue weighted by Gasteiger charge is -2.17. The highest BCUT2D eigenvalue weighted by Crippen LogP contribution is 2.30. The predicted molar refractivity (Wildman–Crippen MR) is 93.6 cm³/mol. The molecule has 0 fully saturated rings. The maximum atomic E-state index is 5.80. The molecule has 23 heavy (non-hydrogen) atoms. The van der Waals surface area contributed by atoms with Crippen LogP contribution >= 0.6 is 0 Å². The Morgan fingerprint density at radius 2 is 1.74 bits per heavy atom. The van der Waals surface area contributed by atoms with Gasteiger partial charge in [-0.2, -0.15) is 0 Å². The van der Waals surface area contributed by atoms with Gasteiger partial charge in [-0.05, 0) is 30.0 Å². The molecule has 128 valence electrons. The van der Waals surface area contributed by atoms with Crippen LogP contribution in [0.2, 0.25) is 0 Å². The average Bonchev–Trinajstić information content (AvgIpc) is 2.57. The molecule has 1 aromatic carbocycles. The van der Waals surface area contributed by atoms with Crippen LogP contribution in [0.5, 0.6) is 11.5 Å². The fraction of sp³-hybridized carbons (Fsp3) is 0.474. The average molecular weight is 320 g/mol. The monoisotopic (exact) mass is 320 g/mol. The van der Waals surface area contributed by atoms with Gasteiger partial charge >= 0.3 is 0 Å². The Labute approximate surface area is 139 Å². The summed E-state index contributed by atoms with van der Waals surface area (Å²) >= 11 is 0. The Hall–Kier alpha value is -1.78. The number of hydrogen-bond donors (Lipinski definition) is 0. The van der Waals surface area contributed by atoms with E-state index in [4.69, 9.17) is 18.9 Å². The van der Waals surface area contributed by atoms with E-state index >= 15 is 0 Å². The Morgan fingerprint density at radius 3 is 2.39 bits per heavy atom. The van der Waals surface area contributed by atoms with Crippen LogP contribution in [0, 0.1) is 0 Å². The molecule has 0 aliphatic rings. The molecule has 0 saturated heterocycles. The summed E-state index contributed by atoms with van der Waals surface area (Å²) in [5.41, 5.74) is 2.37. The van der Waals surface area contributed by atoms with E-state index in [1.54, 1.807) is 19.3 Å². The quantitative estimate of drug-likeness (QED) is 0.411. The largest absolute Gasteiger partial charge is 0.489 e. The van der Waals surface area contributed by atoms with Crippen molar-refractivity contribution >= 4 is 0 Å². The maximum absolute atomic E-state index is 5.80. The summed E-state index contributed by atoms with van der Waals surface area (Å²) < 4.78 is 22.0. The Balaban J connectivity index is 2.88. The first-order valence-corrected chi connectivity index (χ1v) is 7.96. The third kappa shape index (κ3) is 6.89. The predicted octanol–water partition coefficient (Wildman–Crippen LogP) is 3.58. The van der Waals surface area contributed by atoms with Crippen molar-refractivity contribution in [1.82, 2.24) is 0 Å². The van der Waals surface area contributed by atoms with E-state index in [1.807, 2.05) is 6.07 Å². The van der Waals surface area contributed by atoms with Gasteiger partial charge in [-0.1, -0.05) is 32.2 Å². The lowest BCUT2D eigenvalue weighted by atomic mass is 10.0. The zero-order valence-corrected chi connectivity index (χ0v) is 14.3. The van der Waals surface area contributed by atoms with Crippen LogP contribution in [0.25, 0.3) is 0 Å². The summed E-state index contributed by atoms with van der Waals surface area (Å²) in [5.74, 6) is 1.63. The van der Waals surface area contributed by atoms with E-state index in [2.05, 4.69) is 26.1 Å². The summed E-state index contributed by atoms with van der Waals surface area (Å²) in [4.78, 5) is 0. The molecule has 0 radical (unpaired) electrons. The number of hydrogen-bond acceptors (Lipinski definition) is 4. The van der Waals surface area contributed by atoms with E-state index in [0.717, 1.165) is 24.3 Å². The third-order valence-electron chi connectivity index (χ3n) is 3.30. The van der Waals surface area contributed by atoms with Crippen molar-refractivity contribution in [1.29, 1.82) is 0 Å². The second-order valence-electron chi connectivity index (χ2n) is 4.97. The van der Waals surface area contributed by atoms with Crippen molar-refractivity contribution in [2.75, 3.05) is 40.1 Å². The minimum absolute atomic E-state index is 0.468. The van der Waals surface area contributed by atoms with Crippen LogP contribution in [0.15, 0.2) is 37.4 Å². The van der Waals surface area contributed by atoms with Crippen LogP contribution in [0.3, 0.4) is 0 Å². The zero-order chi connectivity index (χ0) is 16.9. The Bertz CT molecular complexity index is 483. The summed E-state index contributed by atoms with van der Waals surface area (Å²) in [6, 6.07) is 3.99.